The molecule has 0 saturated heterocycles. The third kappa shape index (κ3) is 2.96. The maximum absolute atomic E-state index is 10.1. The molecule has 1 saturated carbocycles. The fourth-order valence-electron chi connectivity index (χ4n) is 2.11. The first-order valence-electron chi connectivity index (χ1n) is 6.76. The number of nitrogens with one attached hydrogen (secondary N) is 2. The molecular weight excluding hydrogens is 242 g/mol. The summed E-state index contributed by atoms with van der Waals surface area (Å²) in [5, 5.41) is 13.3. The number of rotatable bonds is 5. The van der Waals surface area contributed by atoms with Gasteiger partial charge in [-0.05, 0) is 26.2 Å². The molecule has 106 valence electrons. The molecule has 1 aliphatic rings. The second-order valence-electron chi connectivity index (χ2n) is 5.63. The van der Waals surface area contributed by atoms with Crippen molar-refractivity contribution in [3.63, 3.8) is 0 Å². The van der Waals surface area contributed by atoms with Crippen LogP contribution in [-0.4, -0.2) is 27.2 Å². The lowest BCUT2D eigenvalue weighted by molar-refractivity contribution is -0.0202. The summed E-state index contributed by atoms with van der Waals surface area (Å²) in [7, 11) is 0. The van der Waals surface area contributed by atoms with Gasteiger partial charge in [0.2, 0.25) is 0 Å². The number of nitrogens with two attached hydrogens (primary N) is 1. The Bertz CT molecular complexity index is 457. The fraction of sp³-hybridized carbons (Fsp3) is 0.692. The zero-order chi connectivity index (χ0) is 14.0. The van der Waals surface area contributed by atoms with Crippen LogP contribution in [-0.2, 0) is 0 Å². The SMILES string of the molecule is Cc1c(NN)nc(C(C)C)nc1NCC1(O)CCC1. The van der Waals surface area contributed by atoms with E-state index in [9.17, 15) is 5.11 Å². The van der Waals surface area contributed by atoms with Crippen molar-refractivity contribution in [1.29, 1.82) is 0 Å². The van der Waals surface area contributed by atoms with Crippen molar-refractivity contribution in [2.75, 3.05) is 17.3 Å². The van der Waals surface area contributed by atoms with E-state index in [1.807, 2.05) is 20.8 Å². The summed E-state index contributed by atoms with van der Waals surface area (Å²) >= 11 is 0. The number of anilines is 2. The lowest BCUT2D eigenvalue weighted by Gasteiger charge is -2.36. The number of nitrogens with zero attached hydrogens (tertiary/aromatic N) is 2. The number of hydrazine groups is 1. The van der Waals surface area contributed by atoms with Gasteiger partial charge in [-0.2, -0.15) is 0 Å². The van der Waals surface area contributed by atoms with E-state index in [4.69, 9.17) is 5.84 Å². The molecule has 1 aliphatic carbocycles. The van der Waals surface area contributed by atoms with Crippen LogP contribution < -0.4 is 16.6 Å². The van der Waals surface area contributed by atoms with Crippen LogP contribution in [0.4, 0.5) is 11.6 Å². The number of hydrogen-bond donors (Lipinski definition) is 4. The molecule has 1 fully saturated rings. The van der Waals surface area contributed by atoms with Crippen LogP contribution in [0.15, 0.2) is 0 Å². The van der Waals surface area contributed by atoms with Gasteiger partial charge in [0.1, 0.15) is 17.5 Å². The molecule has 0 bridgehead atoms. The highest BCUT2D eigenvalue weighted by Crippen LogP contribution is 2.32. The zero-order valence-electron chi connectivity index (χ0n) is 11.8. The average molecular weight is 265 g/mol. The first-order chi connectivity index (χ1) is 8.95. The number of nitrogen functional groups attached to an aromatic ring is 1. The smallest absolute Gasteiger partial charge is 0.148 e. The molecule has 6 nitrogen and oxygen atoms in total. The predicted molar refractivity (Wildman–Crippen MR) is 76.0 cm³/mol. The topological polar surface area (TPSA) is 96.1 Å². The van der Waals surface area contributed by atoms with Gasteiger partial charge in [0.05, 0.1) is 5.60 Å². The van der Waals surface area contributed by atoms with Gasteiger partial charge in [0.25, 0.3) is 0 Å². The van der Waals surface area contributed by atoms with Gasteiger partial charge >= 0.3 is 0 Å². The van der Waals surface area contributed by atoms with E-state index in [-0.39, 0.29) is 5.92 Å². The van der Waals surface area contributed by atoms with Crippen LogP contribution in [0.2, 0.25) is 0 Å². The molecule has 5 N–H and O–H groups in total. The van der Waals surface area contributed by atoms with Crippen LogP contribution in [0.25, 0.3) is 0 Å². The summed E-state index contributed by atoms with van der Waals surface area (Å²) in [4.78, 5) is 8.89. The van der Waals surface area contributed by atoms with Gasteiger partial charge in [0, 0.05) is 18.0 Å². The van der Waals surface area contributed by atoms with Crippen molar-refractivity contribution in [3.8, 4) is 0 Å². The molecule has 19 heavy (non-hydrogen) atoms. The van der Waals surface area contributed by atoms with Crippen molar-refractivity contribution in [2.24, 2.45) is 5.84 Å². The van der Waals surface area contributed by atoms with Gasteiger partial charge in [-0.15, -0.1) is 0 Å². The largest absolute Gasteiger partial charge is 0.388 e. The lowest BCUT2D eigenvalue weighted by atomic mass is 9.80. The summed E-state index contributed by atoms with van der Waals surface area (Å²) in [6, 6.07) is 0. The van der Waals surface area contributed by atoms with Gasteiger partial charge in [-0.25, -0.2) is 15.8 Å². The average Bonchev–Trinajstić information content (AvgIpc) is 2.35. The molecule has 0 amide bonds. The first kappa shape index (κ1) is 14.0. The molecule has 1 aromatic rings. The molecule has 0 spiro atoms. The highest BCUT2D eigenvalue weighted by Gasteiger charge is 2.34. The van der Waals surface area contributed by atoms with Crippen molar-refractivity contribution in [3.05, 3.63) is 11.4 Å². The highest BCUT2D eigenvalue weighted by molar-refractivity contribution is 5.57. The first-order valence-corrected chi connectivity index (χ1v) is 6.76. The third-order valence-electron chi connectivity index (χ3n) is 3.69. The quantitative estimate of drug-likeness (QED) is 0.476. The van der Waals surface area contributed by atoms with Crippen LogP contribution in [0.1, 0.15) is 50.4 Å². The number of aliphatic hydroxyl groups is 1. The molecule has 2 rings (SSSR count). The minimum absolute atomic E-state index is 0.222. The van der Waals surface area contributed by atoms with Crippen molar-refractivity contribution >= 4 is 11.6 Å². The van der Waals surface area contributed by atoms with Crippen molar-refractivity contribution in [1.82, 2.24) is 9.97 Å². The molecule has 1 heterocycles. The maximum Gasteiger partial charge on any atom is 0.148 e. The normalized spacial score (nSPS) is 17.2. The van der Waals surface area contributed by atoms with E-state index in [0.29, 0.717) is 12.4 Å². The zero-order valence-corrected chi connectivity index (χ0v) is 11.8. The Balaban J connectivity index is 2.20. The molecule has 0 unspecified atom stereocenters. The minimum Gasteiger partial charge on any atom is -0.388 e. The lowest BCUT2D eigenvalue weighted by Crippen LogP contribution is -2.43. The van der Waals surface area contributed by atoms with Crippen molar-refractivity contribution < 1.29 is 5.11 Å². The van der Waals surface area contributed by atoms with Gasteiger partial charge in [-0.1, -0.05) is 13.8 Å². The third-order valence-corrected chi connectivity index (χ3v) is 3.69. The van der Waals surface area contributed by atoms with Gasteiger partial charge in [0.15, 0.2) is 0 Å². The Morgan fingerprint density at radius 1 is 1.32 bits per heavy atom. The van der Waals surface area contributed by atoms with E-state index >= 15 is 0 Å². The van der Waals surface area contributed by atoms with E-state index in [0.717, 1.165) is 36.5 Å². The molecule has 0 atom stereocenters. The highest BCUT2D eigenvalue weighted by atomic mass is 16.3. The van der Waals surface area contributed by atoms with E-state index in [1.165, 1.54) is 0 Å². The molecule has 0 aromatic carbocycles. The van der Waals surface area contributed by atoms with E-state index in [1.54, 1.807) is 0 Å². The maximum atomic E-state index is 10.1. The van der Waals surface area contributed by atoms with Crippen LogP contribution in [0, 0.1) is 6.92 Å². The van der Waals surface area contributed by atoms with Gasteiger partial charge in [-0.3, -0.25) is 0 Å². The van der Waals surface area contributed by atoms with Crippen molar-refractivity contribution in [2.45, 2.75) is 51.6 Å². The monoisotopic (exact) mass is 265 g/mol. The Hall–Kier alpha value is -1.40. The van der Waals surface area contributed by atoms with Gasteiger partial charge < -0.3 is 15.8 Å². The molecule has 1 aromatic heterocycles. The van der Waals surface area contributed by atoms with Crippen LogP contribution in [0.5, 0.6) is 0 Å². The van der Waals surface area contributed by atoms with E-state index < -0.39 is 5.60 Å². The summed E-state index contributed by atoms with van der Waals surface area (Å²) in [6.07, 6.45) is 2.79. The molecule has 6 heteroatoms. The molecular formula is C13H23N5O. The minimum atomic E-state index is -0.578. The van der Waals surface area contributed by atoms with E-state index in [2.05, 4.69) is 20.7 Å². The standard InChI is InChI=1S/C13H23N5O/c1-8(2)10-16-11(9(3)12(17-10)18-14)15-7-13(19)5-4-6-13/h8,19H,4-7,14H2,1-3H3,(H2,15,16,17,18). The Morgan fingerprint density at radius 2 is 1.95 bits per heavy atom. The fourth-order valence-corrected chi connectivity index (χ4v) is 2.11. The second-order valence-corrected chi connectivity index (χ2v) is 5.63. The molecule has 0 radical (unpaired) electrons. The van der Waals surface area contributed by atoms with Crippen LogP contribution in [0.3, 0.4) is 0 Å². The number of hydrogen-bond acceptors (Lipinski definition) is 6. The summed E-state index contributed by atoms with van der Waals surface area (Å²) in [5.74, 6) is 7.82. The Labute approximate surface area is 113 Å². The second kappa shape index (κ2) is 5.30. The summed E-state index contributed by atoms with van der Waals surface area (Å²) in [6.45, 7) is 6.50. The summed E-state index contributed by atoms with van der Waals surface area (Å²) < 4.78 is 0. The van der Waals surface area contributed by atoms with Crippen LogP contribution >= 0.6 is 0 Å². The molecule has 0 aliphatic heterocycles. The number of aromatic nitrogens is 2. The summed E-state index contributed by atoms with van der Waals surface area (Å²) in [5.41, 5.74) is 2.89. The Morgan fingerprint density at radius 3 is 2.42 bits per heavy atom. The Kier molecular flexibility index (Phi) is 3.91. The predicted octanol–water partition coefficient (Wildman–Crippen LogP) is 1.52.